The smallest absolute Gasteiger partial charge is 0.226 e. The molecule has 1 aliphatic rings. The Morgan fingerprint density at radius 1 is 1.44 bits per heavy atom. The zero-order chi connectivity index (χ0) is 18.8. The van der Waals surface area contributed by atoms with E-state index >= 15 is 0 Å². The Bertz CT molecular complexity index is 971. The van der Waals surface area contributed by atoms with Gasteiger partial charge in [-0.2, -0.15) is 0 Å². The van der Waals surface area contributed by atoms with Crippen LogP contribution in [0, 0.1) is 0 Å². The summed E-state index contributed by atoms with van der Waals surface area (Å²) in [6.07, 6.45) is 3.85. The number of amides is 1. The van der Waals surface area contributed by atoms with Crippen molar-refractivity contribution in [2.75, 3.05) is 38.2 Å². The Balaban J connectivity index is 1.58. The number of nitrogens with zero attached hydrogens (tertiary/aromatic N) is 2. The summed E-state index contributed by atoms with van der Waals surface area (Å²) in [5.74, 6) is -0.0760. The minimum Gasteiger partial charge on any atom is -0.378 e. The van der Waals surface area contributed by atoms with Gasteiger partial charge >= 0.3 is 0 Å². The highest BCUT2D eigenvalue weighted by atomic mass is 35.5. The third kappa shape index (κ3) is 3.77. The van der Waals surface area contributed by atoms with E-state index in [0.717, 1.165) is 34.9 Å². The van der Waals surface area contributed by atoms with Crippen LogP contribution < -0.4 is 11.1 Å². The number of carbonyl (C=O) groups is 1. The lowest BCUT2D eigenvalue weighted by Crippen LogP contribution is -2.48. The first kappa shape index (κ1) is 18.2. The predicted octanol–water partition coefficient (Wildman–Crippen LogP) is 2.36. The fourth-order valence-corrected chi connectivity index (χ4v) is 3.89. The minimum atomic E-state index is -0.0760. The number of aromatic amines is 1. The van der Waals surface area contributed by atoms with Crippen LogP contribution in [0.4, 0.5) is 5.69 Å². The Hall–Kier alpha value is -2.19. The quantitative estimate of drug-likeness (QED) is 0.624. The Labute approximate surface area is 161 Å². The summed E-state index contributed by atoms with van der Waals surface area (Å²) < 4.78 is 5.54. The molecule has 1 aliphatic heterocycles. The number of halogens is 1. The molecule has 0 radical (unpaired) electrons. The molecule has 0 saturated carbocycles. The van der Waals surface area contributed by atoms with Crippen molar-refractivity contribution in [2.24, 2.45) is 5.73 Å². The van der Waals surface area contributed by atoms with Crippen LogP contribution in [0.1, 0.15) is 6.42 Å². The van der Waals surface area contributed by atoms with Crippen LogP contribution >= 0.6 is 11.6 Å². The van der Waals surface area contributed by atoms with Crippen LogP contribution in [-0.4, -0.2) is 59.7 Å². The van der Waals surface area contributed by atoms with Gasteiger partial charge < -0.3 is 20.8 Å². The van der Waals surface area contributed by atoms with E-state index in [2.05, 4.69) is 20.2 Å². The summed E-state index contributed by atoms with van der Waals surface area (Å²) in [5, 5.41) is 5.56. The van der Waals surface area contributed by atoms with Gasteiger partial charge in [0.2, 0.25) is 5.91 Å². The minimum absolute atomic E-state index is 0.0314. The summed E-state index contributed by atoms with van der Waals surface area (Å²) in [4.78, 5) is 22.4. The summed E-state index contributed by atoms with van der Waals surface area (Å²) in [6.45, 7) is 3.34. The number of nitrogens with two attached hydrogens (primary N) is 1. The van der Waals surface area contributed by atoms with E-state index in [1.54, 1.807) is 18.5 Å². The fraction of sp³-hybridized carbons (Fsp3) is 0.368. The van der Waals surface area contributed by atoms with Gasteiger partial charge in [-0.15, -0.1) is 0 Å². The molecule has 2 aromatic heterocycles. The average Bonchev–Trinajstić information content (AvgIpc) is 3.02. The largest absolute Gasteiger partial charge is 0.378 e. The molecular weight excluding hydrogens is 366 g/mol. The third-order valence-corrected chi connectivity index (χ3v) is 5.15. The fourth-order valence-electron chi connectivity index (χ4n) is 3.67. The third-order valence-electron chi connectivity index (χ3n) is 4.93. The molecular formula is C19H22ClN5O2. The number of H-pyrrole nitrogens is 1. The molecule has 4 N–H and O–H groups in total. The molecule has 8 heteroatoms. The number of fused-ring (bicyclic) bond motifs is 3. The second-order valence-electron chi connectivity index (χ2n) is 6.73. The van der Waals surface area contributed by atoms with Gasteiger partial charge in [0.25, 0.3) is 0 Å². The molecule has 0 aliphatic carbocycles. The second-order valence-corrected chi connectivity index (χ2v) is 7.16. The average molecular weight is 388 g/mol. The van der Waals surface area contributed by atoms with E-state index in [-0.39, 0.29) is 11.9 Å². The van der Waals surface area contributed by atoms with Crippen LogP contribution in [0.3, 0.4) is 0 Å². The summed E-state index contributed by atoms with van der Waals surface area (Å²) >= 11 is 6.30. The van der Waals surface area contributed by atoms with Crippen molar-refractivity contribution in [2.45, 2.75) is 12.5 Å². The number of morpholine rings is 1. The number of hydrogen-bond acceptors (Lipinski definition) is 5. The molecule has 142 valence electrons. The Kier molecular flexibility index (Phi) is 5.27. The number of anilines is 1. The number of rotatable bonds is 5. The first-order chi connectivity index (χ1) is 13.2. The zero-order valence-electron chi connectivity index (χ0n) is 14.9. The first-order valence-corrected chi connectivity index (χ1v) is 9.40. The van der Waals surface area contributed by atoms with E-state index in [1.807, 2.05) is 12.1 Å². The number of pyridine rings is 1. The van der Waals surface area contributed by atoms with Gasteiger partial charge in [0.15, 0.2) is 0 Å². The molecule has 1 fully saturated rings. The maximum atomic E-state index is 12.7. The first-order valence-electron chi connectivity index (χ1n) is 9.02. The van der Waals surface area contributed by atoms with E-state index < -0.39 is 0 Å². The van der Waals surface area contributed by atoms with Gasteiger partial charge in [-0.3, -0.25) is 14.7 Å². The summed E-state index contributed by atoms with van der Waals surface area (Å²) in [6, 6.07) is 5.62. The summed E-state index contributed by atoms with van der Waals surface area (Å²) in [5.41, 5.74) is 8.10. The predicted molar refractivity (Wildman–Crippen MR) is 107 cm³/mol. The number of ether oxygens (including phenoxy) is 1. The monoisotopic (exact) mass is 387 g/mol. The van der Waals surface area contributed by atoms with Crippen molar-refractivity contribution >= 4 is 45.0 Å². The molecule has 0 bridgehead atoms. The van der Waals surface area contributed by atoms with Crippen LogP contribution in [-0.2, 0) is 9.53 Å². The molecule has 7 nitrogen and oxygen atoms in total. The Morgan fingerprint density at radius 2 is 2.33 bits per heavy atom. The maximum Gasteiger partial charge on any atom is 0.226 e. The molecule has 27 heavy (non-hydrogen) atoms. The van der Waals surface area contributed by atoms with Gasteiger partial charge in [0.05, 0.1) is 36.1 Å². The van der Waals surface area contributed by atoms with Crippen molar-refractivity contribution in [3.63, 3.8) is 0 Å². The van der Waals surface area contributed by atoms with Gasteiger partial charge in [-0.1, -0.05) is 11.6 Å². The number of carbonyl (C=O) groups excluding carboxylic acids is 1. The molecule has 1 atom stereocenters. The molecule has 1 aromatic carbocycles. The van der Waals surface area contributed by atoms with Gasteiger partial charge in [0, 0.05) is 54.1 Å². The molecule has 3 aromatic rings. The van der Waals surface area contributed by atoms with E-state index in [1.165, 1.54) is 0 Å². The maximum absolute atomic E-state index is 12.7. The van der Waals surface area contributed by atoms with Gasteiger partial charge in [-0.25, -0.2) is 0 Å². The second kappa shape index (κ2) is 7.82. The molecule has 1 saturated heterocycles. The molecule has 4 rings (SSSR count). The number of aromatic nitrogens is 2. The van der Waals surface area contributed by atoms with Gasteiger partial charge in [-0.05, 0) is 18.2 Å². The molecule has 3 heterocycles. The van der Waals surface area contributed by atoms with Crippen molar-refractivity contribution in [1.29, 1.82) is 0 Å². The molecule has 0 unspecified atom stereocenters. The van der Waals surface area contributed by atoms with Crippen molar-refractivity contribution < 1.29 is 9.53 Å². The lowest BCUT2D eigenvalue weighted by molar-refractivity contribution is -0.119. The highest BCUT2D eigenvalue weighted by Crippen LogP contribution is 2.33. The lowest BCUT2D eigenvalue weighted by atomic mass is 10.1. The van der Waals surface area contributed by atoms with E-state index in [9.17, 15) is 4.79 Å². The SMILES string of the molecule is NCCN1CCOC[C@H]1CC(=O)Nc1cc(Cl)cc2c1[nH]c1cnccc12. The molecule has 0 spiro atoms. The zero-order valence-corrected chi connectivity index (χ0v) is 15.6. The van der Waals surface area contributed by atoms with Crippen LogP contribution in [0.15, 0.2) is 30.6 Å². The van der Waals surface area contributed by atoms with Gasteiger partial charge in [0.1, 0.15) is 0 Å². The topological polar surface area (TPSA) is 96.3 Å². The Morgan fingerprint density at radius 3 is 3.19 bits per heavy atom. The lowest BCUT2D eigenvalue weighted by Gasteiger charge is -2.34. The van der Waals surface area contributed by atoms with Crippen LogP contribution in [0.5, 0.6) is 0 Å². The number of benzene rings is 1. The van der Waals surface area contributed by atoms with Crippen LogP contribution in [0.25, 0.3) is 21.8 Å². The van der Waals surface area contributed by atoms with Crippen LogP contribution in [0.2, 0.25) is 5.02 Å². The van der Waals surface area contributed by atoms with E-state index in [4.69, 9.17) is 22.1 Å². The molecule has 1 amide bonds. The number of nitrogens with one attached hydrogen (secondary N) is 2. The summed E-state index contributed by atoms with van der Waals surface area (Å²) in [7, 11) is 0. The van der Waals surface area contributed by atoms with Crippen molar-refractivity contribution in [3.8, 4) is 0 Å². The normalized spacial score (nSPS) is 18.2. The highest BCUT2D eigenvalue weighted by molar-refractivity contribution is 6.32. The highest BCUT2D eigenvalue weighted by Gasteiger charge is 2.25. The van der Waals surface area contributed by atoms with E-state index in [0.29, 0.717) is 36.9 Å². The standard InChI is InChI=1S/C19H22ClN5O2/c20-12-7-15-14-1-3-22-10-17(14)24-19(15)16(8-12)23-18(26)9-13-11-27-6-5-25(13)4-2-21/h1,3,7-8,10,13,24H,2,4-6,9,11,21H2,(H,23,26)/t13-/m1/s1. The van der Waals surface area contributed by atoms with Crippen molar-refractivity contribution in [1.82, 2.24) is 14.9 Å². The van der Waals surface area contributed by atoms with Crippen molar-refractivity contribution in [3.05, 3.63) is 35.6 Å². The number of hydrogen-bond donors (Lipinski definition) is 3.